The Labute approximate surface area is 128 Å². The number of β-amino-alcohol motifs (C(OH)–C–C–N with tert-alkyl or cyclic N) is 1. The van der Waals surface area contributed by atoms with E-state index < -0.39 is 6.10 Å². The lowest BCUT2D eigenvalue weighted by Crippen LogP contribution is -2.22. The van der Waals surface area contributed by atoms with Gasteiger partial charge in [0.1, 0.15) is 5.82 Å². The van der Waals surface area contributed by atoms with Crippen molar-refractivity contribution in [3.05, 3.63) is 48.2 Å². The van der Waals surface area contributed by atoms with Crippen molar-refractivity contribution in [2.45, 2.75) is 19.4 Å². The molecule has 1 N–H and O–H groups in total. The van der Waals surface area contributed by atoms with Gasteiger partial charge < -0.3 is 10.0 Å². The number of rotatable bonds is 4. The van der Waals surface area contributed by atoms with Gasteiger partial charge in [0.2, 0.25) is 0 Å². The lowest BCUT2D eigenvalue weighted by molar-refractivity contribution is 0.101. The largest absolute Gasteiger partial charge is 0.391 e. The van der Waals surface area contributed by atoms with Crippen LogP contribution in [0.5, 0.6) is 0 Å². The number of carbonyl (C=O) groups excluding carboxylic acids is 1. The van der Waals surface area contributed by atoms with Crippen LogP contribution >= 0.6 is 0 Å². The Hall–Kier alpha value is -2.34. The highest BCUT2D eigenvalue weighted by atomic mass is 16.3. The normalized spacial score (nSPS) is 21.1. The van der Waals surface area contributed by atoms with Crippen LogP contribution in [0.1, 0.15) is 23.0 Å². The topological polar surface area (TPSA) is 79.2 Å². The molecule has 1 saturated heterocycles. The molecule has 1 fully saturated rings. The fourth-order valence-corrected chi connectivity index (χ4v) is 2.73. The maximum Gasteiger partial charge on any atom is 0.161 e. The summed E-state index contributed by atoms with van der Waals surface area (Å²) < 4.78 is 0. The number of carbonyl (C=O) groups is 1. The average molecular weight is 298 g/mol. The third-order valence-corrected chi connectivity index (χ3v) is 3.97. The fourth-order valence-electron chi connectivity index (χ4n) is 2.73. The van der Waals surface area contributed by atoms with Gasteiger partial charge in [-0.3, -0.25) is 14.8 Å². The molecule has 1 aliphatic rings. The average Bonchev–Trinajstić information content (AvgIpc) is 2.89. The van der Waals surface area contributed by atoms with Crippen molar-refractivity contribution in [2.24, 2.45) is 5.92 Å². The predicted molar refractivity (Wildman–Crippen MR) is 81.7 cm³/mol. The summed E-state index contributed by atoms with van der Waals surface area (Å²) >= 11 is 0. The summed E-state index contributed by atoms with van der Waals surface area (Å²) in [4.78, 5) is 26.0. The standard InChI is InChI=1S/C16H18N4O2/c1-11(21)12-2-3-16(19-7-12)20-9-13(15(22)10-20)6-14-8-17-4-5-18-14/h2-5,7-8,13,15,22H,6,9-10H2,1H3/t13-,15-/m1/s1. The van der Waals surface area contributed by atoms with Crippen LogP contribution in [0, 0.1) is 5.92 Å². The van der Waals surface area contributed by atoms with Crippen molar-refractivity contribution in [1.82, 2.24) is 15.0 Å². The number of nitrogens with zero attached hydrogens (tertiary/aromatic N) is 4. The van der Waals surface area contributed by atoms with Gasteiger partial charge in [-0.15, -0.1) is 0 Å². The molecule has 2 aromatic heterocycles. The zero-order chi connectivity index (χ0) is 15.5. The molecule has 114 valence electrons. The second-order valence-electron chi connectivity index (χ2n) is 5.59. The van der Waals surface area contributed by atoms with Gasteiger partial charge in [0.15, 0.2) is 5.78 Å². The van der Waals surface area contributed by atoms with E-state index in [0.717, 1.165) is 11.5 Å². The highest BCUT2D eigenvalue weighted by Crippen LogP contribution is 2.25. The molecule has 2 atom stereocenters. The number of anilines is 1. The first kappa shape index (κ1) is 14.6. The molecular formula is C16H18N4O2. The predicted octanol–water partition coefficient (Wildman–Crippen LogP) is 1.11. The zero-order valence-electron chi connectivity index (χ0n) is 12.4. The summed E-state index contributed by atoms with van der Waals surface area (Å²) in [5.41, 5.74) is 1.48. The van der Waals surface area contributed by atoms with E-state index in [1.807, 2.05) is 11.0 Å². The molecular weight excluding hydrogens is 280 g/mol. The Bertz CT molecular complexity index is 645. The van der Waals surface area contributed by atoms with Gasteiger partial charge in [0.05, 0.1) is 11.8 Å². The molecule has 0 bridgehead atoms. The molecule has 0 saturated carbocycles. The minimum absolute atomic E-state index is 0.000958. The Kier molecular flexibility index (Phi) is 4.11. The minimum atomic E-state index is -0.420. The highest BCUT2D eigenvalue weighted by Gasteiger charge is 2.32. The van der Waals surface area contributed by atoms with Crippen LogP contribution < -0.4 is 4.90 Å². The van der Waals surface area contributed by atoms with Crippen molar-refractivity contribution in [3.63, 3.8) is 0 Å². The lowest BCUT2D eigenvalue weighted by Gasteiger charge is -2.17. The molecule has 22 heavy (non-hydrogen) atoms. The van der Waals surface area contributed by atoms with E-state index in [1.165, 1.54) is 6.92 Å². The molecule has 0 aliphatic carbocycles. The van der Waals surface area contributed by atoms with Crippen molar-refractivity contribution < 1.29 is 9.90 Å². The lowest BCUT2D eigenvalue weighted by atomic mass is 10.0. The number of ketones is 1. The second-order valence-corrected chi connectivity index (χ2v) is 5.59. The molecule has 3 rings (SSSR count). The molecule has 6 nitrogen and oxygen atoms in total. The summed E-state index contributed by atoms with van der Waals surface area (Å²) in [7, 11) is 0. The summed E-state index contributed by atoms with van der Waals surface area (Å²) in [5.74, 6) is 0.887. The molecule has 2 aromatic rings. The van der Waals surface area contributed by atoms with E-state index in [1.54, 1.807) is 30.9 Å². The van der Waals surface area contributed by atoms with Crippen LogP contribution in [0.4, 0.5) is 5.82 Å². The second kappa shape index (κ2) is 6.19. The summed E-state index contributed by atoms with van der Waals surface area (Å²) in [6.45, 7) is 2.77. The van der Waals surface area contributed by atoms with E-state index >= 15 is 0 Å². The number of aromatic nitrogens is 3. The van der Waals surface area contributed by atoms with Gasteiger partial charge >= 0.3 is 0 Å². The van der Waals surface area contributed by atoms with Crippen molar-refractivity contribution >= 4 is 11.6 Å². The highest BCUT2D eigenvalue weighted by molar-refractivity contribution is 5.93. The Balaban J connectivity index is 1.68. The molecule has 1 aliphatic heterocycles. The maximum absolute atomic E-state index is 11.3. The molecule has 0 amide bonds. The molecule has 0 unspecified atom stereocenters. The van der Waals surface area contributed by atoms with Gasteiger partial charge in [-0.05, 0) is 25.5 Å². The Morgan fingerprint density at radius 3 is 2.77 bits per heavy atom. The van der Waals surface area contributed by atoms with Crippen molar-refractivity contribution in [1.29, 1.82) is 0 Å². The van der Waals surface area contributed by atoms with Gasteiger partial charge in [0, 0.05) is 49.4 Å². The first-order valence-electron chi connectivity index (χ1n) is 7.28. The minimum Gasteiger partial charge on any atom is -0.391 e. The number of pyridine rings is 1. The van der Waals surface area contributed by atoms with E-state index in [0.29, 0.717) is 25.1 Å². The van der Waals surface area contributed by atoms with Crippen LogP contribution in [-0.4, -0.2) is 45.0 Å². The van der Waals surface area contributed by atoms with Crippen LogP contribution in [0.3, 0.4) is 0 Å². The van der Waals surface area contributed by atoms with Gasteiger partial charge in [-0.1, -0.05) is 0 Å². The summed E-state index contributed by atoms with van der Waals surface area (Å²) in [6, 6.07) is 3.60. The van der Waals surface area contributed by atoms with Crippen LogP contribution in [0.2, 0.25) is 0 Å². The molecule has 3 heterocycles. The maximum atomic E-state index is 11.3. The molecule has 0 radical (unpaired) electrons. The quantitative estimate of drug-likeness (QED) is 0.852. The molecule has 0 spiro atoms. The van der Waals surface area contributed by atoms with Crippen molar-refractivity contribution in [2.75, 3.05) is 18.0 Å². The number of hydrogen-bond acceptors (Lipinski definition) is 6. The fraction of sp³-hybridized carbons (Fsp3) is 0.375. The van der Waals surface area contributed by atoms with E-state index in [-0.39, 0.29) is 11.7 Å². The third-order valence-electron chi connectivity index (χ3n) is 3.97. The van der Waals surface area contributed by atoms with E-state index in [4.69, 9.17) is 0 Å². The molecule has 0 aromatic carbocycles. The molecule has 6 heteroatoms. The number of aliphatic hydroxyl groups is 1. The first-order valence-corrected chi connectivity index (χ1v) is 7.28. The Morgan fingerprint density at radius 2 is 2.14 bits per heavy atom. The van der Waals surface area contributed by atoms with Crippen molar-refractivity contribution in [3.8, 4) is 0 Å². The monoisotopic (exact) mass is 298 g/mol. The smallest absolute Gasteiger partial charge is 0.161 e. The number of aliphatic hydroxyl groups excluding tert-OH is 1. The van der Waals surface area contributed by atoms with Crippen LogP contribution in [-0.2, 0) is 6.42 Å². The summed E-state index contributed by atoms with van der Waals surface area (Å²) in [6.07, 6.45) is 6.89. The third kappa shape index (κ3) is 3.12. The zero-order valence-corrected chi connectivity index (χ0v) is 12.4. The van der Waals surface area contributed by atoms with Crippen LogP contribution in [0.15, 0.2) is 36.9 Å². The first-order chi connectivity index (χ1) is 10.6. The van der Waals surface area contributed by atoms with Gasteiger partial charge in [0.25, 0.3) is 0 Å². The summed E-state index contributed by atoms with van der Waals surface area (Å²) in [5, 5.41) is 10.3. The van der Waals surface area contributed by atoms with Gasteiger partial charge in [-0.25, -0.2) is 4.98 Å². The van der Waals surface area contributed by atoms with Gasteiger partial charge in [-0.2, -0.15) is 0 Å². The Morgan fingerprint density at radius 1 is 1.27 bits per heavy atom. The van der Waals surface area contributed by atoms with E-state index in [9.17, 15) is 9.90 Å². The number of Topliss-reactive ketones (excluding diaryl/α,β-unsaturated/α-hetero) is 1. The van der Waals surface area contributed by atoms with E-state index in [2.05, 4.69) is 15.0 Å². The number of hydrogen-bond donors (Lipinski definition) is 1. The SMILES string of the molecule is CC(=O)c1ccc(N2C[C@@H](Cc3cnccn3)[C@H](O)C2)nc1. The van der Waals surface area contributed by atoms with Crippen LogP contribution in [0.25, 0.3) is 0 Å².